The van der Waals surface area contributed by atoms with Crippen molar-refractivity contribution in [1.82, 2.24) is 15.6 Å². The lowest BCUT2D eigenvalue weighted by Crippen LogP contribution is -2.65. The van der Waals surface area contributed by atoms with Crippen molar-refractivity contribution in [2.75, 3.05) is 25.5 Å². The molecule has 2 aromatic rings. The lowest BCUT2D eigenvalue weighted by Gasteiger charge is -2.64. The second-order valence-corrected chi connectivity index (χ2v) is 16.7. The zero-order valence-electron chi connectivity index (χ0n) is 31.1. The van der Waals surface area contributed by atoms with E-state index in [-0.39, 0.29) is 17.4 Å². The average Bonchev–Trinajstić information content (AvgIpc) is 3.44. The number of hydrogen-bond donors (Lipinski definition) is 3. The number of aromatic nitrogens is 1. The minimum absolute atomic E-state index is 0.00471. The van der Waals surface area contributed by atoms with Crippen LogP contribution in [0.4, 0.5) is 5.82 Å². The molecule has 4 saturated carbocycles. The molecule has 3 N–H and O–H groups in total. The number of methoxy groups -OCH3 is 1. The molecule has 0 radical (unpaired) electrons. The Labute approximate surface area is 298 Å². The summed E-state index contributed by atoms with van der Waals surface area (Å²) in [4.78, 5) is 31.3. The molecular formula is C39H57BN4O6. The molecule has 0 spiro atoms. The number of hydrogen-bond acceptors (Lipinski definition) is 9. The molecule has 7 rings (SSSR count). The number of pyridine rings is 1. The molecule has 1 saturated heterocycles. The van der Waals surface area contributed by atoms with Crippen molar-refractivity contribution in [2.45, 2.75) is 122 Å². The maximum Gasteiger partial charge on any atom is 0.482 e. The van der Waals surface area contributed by atoms with Crippen LogP contribution in [0.25, 0.3) is 0 Å². The fraction of sp³-hybridized carbons (Fsp3) is 0.667. The van der Waals surface area contributed by atoms with E-state index in [1.807, 2.05) is 51.1 Å². The molecule has 5 atom stereocenters. The van der Waals surface area contributed by atoms with E-state index in [1.54, 1.807) is 19.4 Å². The van der Waals surface area contributed by atoms with E-state index in [1.165, 1.54) is 0 Å². The number of rotatable bonds is 13. The van der Waals surface area contributed by atoms with Gasteiger partial charge in [-0.25, -0.2) is 9.78 Å². The molecule has 2 heterocycles. The van der Waals surface area contributed by atoms with Gasteiger partial charge in [0.15, 0.2) is 0 Å². The first-order valence-corrected chi connectivity index (χ1v) is 18.7. The number of benzene rings is 1. The number of nitrogens with one attached hydrogen (secondary N) is 3. The molecule has 11 heteroatoms. The van der Waals surface area contributed by atoms with E-state index in [4.69, 9.17) is 18.8 Å². The number of nitrogens with zero attached hydrogens (tertiary/aromatic N) is 1. The third-order valence-electron chi connectivity index (χ3n) is 11.9. The van der Waals surface area contributed by atoms with E-state index < -0.39 is 30.2 Å². The summed E-state index contributed by atoms with van der Waals surface area (Å²) in [6.45, 7) is 14.1. The van der Waals surface area contributed by atoms with Crippen LogP contribution in [-0.2, 0) is 25.3 Å². The Morgan fingerprint density at radius 3 is 2.50 bits per heavy atom. The quantitative estimate of drug-likeness (QED) is 0.132. The molecule has 272 valence electrons. The van der Waals surface area contributed by atoms with Crippen LogP contribution in [0, 0.1) is 23.2 Å². The normalized spacial score (nSPS) is 28.9. The van der Waals surface area contributed by atoms with Gasteiger partial charge >= 0.3 is 13.1 Å². The molecule has 4 unspecified atom stereocenters. The van der Waals surface area contributed by atoms with Gasteiger partial charge in [0.1, 0.15) is 22.7 Å². The summed E-state index contributed by atoms with van der Waals surface area (Å²) in [6.07, 6.45) is 8.85. The molecule has 5 fully saturated rings. The van der Waals surface area contributed by atoms with E-state index in [0.29, 0.717) is 48.0 Å². The summed E-state index contributed by atoms with van der Waals surface area (Å²) < 4.78 is 25.1. The maximum atomic E-state index is 13.8. The second kappa shape index (κ2) is 14.8. The fourth-order valence-electron chi connectivity index (χ4n) is 9.04. The molecule has 10 nitrogen and oxygen atoms in total. The number of anilines is 1. The van der Waals surface area contributed by atoms with Crippen LogP contribution >= 0.6 is 0 Å². The molecule has 5 aliphatic rings. The summed E-state index contributed by atoms with van der Waals surface area (Å²) >= 11 is 0. The van der Waals surface area contributed by atoms with Crippen molar-refractivity contribution in [3.63, 3.8) is 0 Å². The lowest BCUT2D eigenvalue weighted by molar-refractivity contribution is -0.199. The van der Waals surface area contributed by atoms with Crippen molar-refractivity contribution < 1.29 is 28.4 Å². The van der Waals surface area contributed by atoms with Crippen LogP contribution in [0.3, 0.4) is 0 Å². The third-order valence-corrected chi connectivity index (χ3v) is 11.9. The van der Waals surface area contributed by atoms with E-state index >= 15 is 0 Å². The van der Waals surface area contributed by atoms with Crippen LogP contribution in [0.1, 0.15) is 102 Å². The highest BCUT2D eigenvalue weighted by molar-refractivity contribution is 6.48. The topological polar surface area (TPSA) is 120 Å². The Kier molecular flexibility index (Phi) is 10.9. The predicted molar refractivity (Wildman–Crippen MR) is 195 cm³/mol. The first kappa shape index (κ1) is 36.6. The Morgan fingerprint density at radius 2 is 1.82 bits per heavy atom. The van der Waals surface area contributed by atoms with Crippen LogP contribution < -0.4 is 20.7 Å². The van der Waals surface area contributed by atoms with Gasteiger partial charge < -0.3 is 34.7 Å². The van der Waals surface area contributed by atoms with Gasteiger partial charge in [-0.15, -0.1) is 0 Å². The Balaban J connectivity index is 1.10. The van der Waals surface area contributed by atoms with Crippen LogP contribution in [0.2, 0.25) is 0 Å². The van der Waals surface area contributed by atoms with E-state index in [0.717, 1.165) is 63.0 Å². The summed E-state index contributed by atoms with van der Waals surface area (Å²) in [7, 11) is 0.953. The van der Waals surface area contributed by atoms with E-state index in [9.17, 15) is 9.59 Å². The summed E-state index contributed by atoms with van der Waals surface area (Å²) in [5.41, 5.74) is 0.303. The Hall–Kier alpha value is -3.15. The summed E-state index contributed by atoms with van der Waals surface area (Å²) in [6, 6.07) is 11.8. The van der Waals surface area contributed by atoms with Gasteiger partial charge in [-0.3, -0.25) is 4.79 Å². The maximum absolute atomic E-state index is 13.8. The molecule has 1 aliphatic heterocycles. The minimum Gasteiger partial charge on any atom is -0.496 e. The summed E-state index contributed by atoms with van der Waals surface area (Å²) in [5, 5.41) is 10.4. The van der Waals surface area contributed by atoms with Gasteiger partial charge in [0.25, 0.3) is 0 Å². The largest absolute Gasteiger partial charge is 0.496 e. The van der Waals surface area contributed by atoms with Crippen LogP contribution in [0.5, 0.6) is 5.75 Å². The minimum atomic E-state index is -0.646. The summed E-state index contributed by atoms with van der Waals surface area (Å²) in [5.74, 6) is 1.78. The molecule has 50 heavy (non-hydrogen) atoms. The Bertz CT molecular complexity index is 1490. The van der Waals surface area contributed by atoms with Crippen LogP contribution in [-0.4, -0.2) is 73.5 Å². The van der Waals surface area contributed by atoms with Gasteiger partial charge in [-0.05, 0) is 120 Å². The van der Waals surface area contributed by atoms with Gasteiger partial charge in [0.05, 0.1) is 24.8 Å². The molecule has 2 bridgehead atoms. The molecule has 1 aromatic carbocycles. The van der Waals surface area contributed by atoms with Gasteiger partial charge in [0, 0.05) is 31.7 Å². The molecule has 1 aromatic heterocycles. The Morgan fingerprint density at radius 1 is 1.04 bits per heavy atom. The van der Waals surface area contributed by atoms with Crippen molar-refractivity contribution in [2.24, 2.45) is 23.2 Å². The predicted octanol–water partition coefficient (Wildman–Crippen LogP) is 5.99. The highest BCUT2D eigenvalue weighted by atomic mass is 16.7. The zero-order valence-corrected chi connectivity index (χ0v) is 31.1. The van der Waals surface area contributed by atoms with Crippen LogP contribution in [0.15, 0.2) is 42.6 Å². The smallest absolute Gasteiger partial charge is 0.482 e. The number of ether oxygens (including phenoxy) is 2. The number of esters is 1. The van der Waals surface area contributed by atoms with Gasteiger partial charge in [0.2, 0.25) is 5.91 Å². The van der Waals surface area contributed by atoms with Crippen molar-refractivity contribution in [1.29, 1.82) is 0 Å². The number of amides is 1. The van der Waals surface area contributed by atoms with Crippen molar-refractivity contribution in [3.05, 3.63) is 53.7 Å². The van der Waals surface area contributed by atoms with Gasteiger partial charge in [-0.2, -0.15) is 0 Å². The average molecular weight is 689 g/mol. The standard InChI is InChI=1S/C39H57BN4O6/c1-37(2,3)48-36(46)29-12-10-11-26(35(29)47-7)22-32(40-49-31-24-27-23-30(38(27,4)5)39(31,6)50-40)44-34(45)21-25-14-16-28(17-15-25)41-19-20-43-33-13-8-9-18-42-33/h8-13,18,25,27-28,30-32,41H,14-17,19-24H2,1-7H3,(H,42,43)(H,44,45)/t25-,27?,28-,30?,31?,32-,39?/m0/s1. The SMILES string of the molecule is COc1c(C[C@H](NC(=O)C[C@H]2CC[C@H](NCCNc3ccccn3)CC2)B2OC3CC4CC(C4(C)C)C3(C)O2)cccc1C(=O)OC(C)(C)C. The zero-order chi connectivity index (χ0) is 35.7. The second-order valence-electron chi connectivity index (χ2n) is 16.7. The fourth-order valence-corrected chi connectivity index (χ4v) is 9.04. The highest BCUT2D eigenvalue weighted by Crippen LogP contribution is 2.65. The van der Waals surface area contributed by atoms with E-state index in [2.05, 4.69) is 41.7 Å². The number of carbonyl (C=O) groups excluding carboxylic acids is 2. The highest BCUT2D eigenvalue weighted by Gasteiger charge is 2.68. The number of para-hydroxylation sites is 1. The third kappa shape index (κ3) is 8.00. The molecular weight excluding hydrogens is 631 g/mol. The first-order chi connectivity index (χ1) is 23.8. The molecule has 1 amide bonds. The van der Waals surface area contributed by atoms with Crippen molar-refractivity contribution >= 4 is 24.8 Å². The number of carbonyl (C=O) groups is 2. The lowest BCUT2D eigenvalue weighted by atomic mass is 9.43. The van der Waals surface area contributed by atoms with Crippen molar-refractivity contribution in [3.8, 4) is 5.75 Å². The monoisotopic (exact) mass is 688 g/mol. The van der Waals surface area contributed by atoms with Gasteiger partial charge in [-0.1, -0.05) is 32.0 Å². The first-order valence-electron chi connectivity index (χ1n) is 18.7. The molecule has 4 aliphatic carbocycles.